The topological polar surface area (TPSA) is 12.0 Å². The van der Waals surface area contributed by atoms with Gasteiger partial charge in [0, 0.05) is 17.0 Å². The lowest BCUT2D eigenvalue weighted by Crippen LogP contribution is -2.29. The van der Waals surface area contributed by atoms with E-state index in [1.165, 1.54) is 38.7 Å². The van der Waals surface area contributed by atoms with Crippen molar-refractivity contribution in [1.82, 2.24) is 0 Å². The molecule has 1 heterocycles. The molecule has 25 heavy (non-hydrogen) atoms. The van der Waals surface area contributed by atoms with E-state index < -0.39 is 0 Å². The van der Waals surface area contributed by atoms with E-state index in [4.69, 9.17) is 0 Å². The summed E-state index contributed by atoms with van der Waals surface area (Å²) in [6, 6.07) is 20.6. The minimum absolute atomic E-state index is 0.373. The Morgan fingerprint density at radius 2 is 1.80 bits per heavy atom. The van der Waals surface area contributed by atoms with Crippen LogP contribution in [0.25, 0.3) is 10.8 Å². The van der Waals surface area contributed by atoms with Crippen molar-refractivity contribution in [3.63, 3.8) is 0 Å². The maximum absolute atomic E-state index is 3.96. The molecule has 0 bridgehead atoms. The van der Waals surface area contributed by atoms with E-state index in [0.717, 1.165) is 6.42 Å². The van der Waals surface area contributed by atoms with E-state index in [-0.39, 0.29) is 0 Å². The van der Waals surface area contributed by atoms with Gasteiger partial charge in [0.15, 0.2) is 0 Å². The SMILES string of the molecule is Cc1ccc(C)c([C@@H]2Nc3c(ccc4ccccc34)[C@@H]3C=CC[C@@H]32)c1. The minimum atomic E-state index is 0.373. The van der Waals surface area contributed by atoms with Gasteiger partial charge in [0.2, 0.25) is 0 Å². The van der Waals surface area contributed by atoms with E-state index in [1.807, 2.05) is 0 Å². The van der Waals surface area contributed by atoms with Gasteiger partial charge in [-0.3, -0.25) is 0 Å². The highest BCUT2D eigenvalue weighted by atomic mass is 15.0. The van der Waals surface area contributed by atoms with Gasteiger partial charge >= 0.3 is 0 Å². The number of fused-ring (bicyclic) bond motifs is 5. The number of allylic oxidation sites excluding steroid dienone is 2. The van der Waals surface area contributed by atoms with Crippen molar-refractivity contribution in [2.45, 2.75) is 32.2 Å². The normalized spacial score (nSPS) is 24.0. The van der Waals surface area contributed by atoms with Gasteiger partial charge in [-0.1, -0.05) is 72.3 Å². The first-order valence-electron chi connectivity index (χ1n) is 9.24. The molecule has 124 valence electrons. The largest absolute Gasteiger partial charge is 0.377 e. The van der Waals surface area contributed by atoms with Crippen LogP contribution in [0.5, 0.6) is 0 Å². The first kappa shape index (κ1) is 14.8. The highest BCUT2D eigenvalue weighted by molar-refractivity contribution is 5.96. The molecular weight excluding hydrogens is 302 g/mol. The van der Waals surface area contributed by atoms with E-state index in [1.54, 1.807) is 0 Å². The van der Waals surface area contributed by atoms with E-state index in [0.29, 0.717) is 17.9 Å². The van der Waals surface area contributed by atoms with E-state index in [9.17, 15) is 0 Å². The minimum Gasteiger partial charge on any atom is -0.377 e. The molecule has 0 fully saturated rings. The maximum Gasteiger partial charge on any atom is 0.0556 e. The fraction of sp³-hybridized carbons (Fsp3) is 0.250. The molecule has 1 aliphatic carbocycles. The number of nitrogens with one attached hydrogen (secondary N) is 1. The molecule has 5 rings (SSSR count). The molecule has 1 aliphatic heterocycles. The molecule has 2 aliphatic rings. The Morgan fingerprint density at radius 1 is 0.920 bits per heavy atom. The first-order valence-corrected chi connectivity index (χ1v) is 9.24. The number of aryl methyl sites for hydroxylation is 2. The summed E-state index contributed by atoms with van der Waals surface area (Å²) < 4.78 is 0. The summed E-state index contributed by atoms with van der Waals surface area (Å²) in [6.07, 6.45) is 5.96. The zero-order valence-corrected chi connectivity index (χ0v) is 14.8. The molecule has 0 aromatic heterocycles. The number of anilines is 1. The molecule has 0 amide bonds. The molecule has 0 saturated carbocycles. The molecule has 3 aromatic rings. The lowest BCUT2D eigenvalue weighted by Gasteiger charge is -2.39. The van der Waals surface area contributed by atoms with Gasteiger partial charge in [-0.25, -0.2) is 0 Å². The fourth-order valence-corrected chi connectivity index (χ4v) is 4.74. The van der Waals surface area contributed by atoms with E-state index >= 15 is 0 Å². The Balaban J connectivity index is 1.72. The van der Waals surface area contributed by atoms with Crippen LogP contribution in [0, 0.1) is 19.8 Å². The predicted octanol–water partition coefficient (Wildman–Crippen LogP) is 6.28. The Hall–Kier alpha value is -2.54. The third-order valence-electron chi connectivity index (χ3n) is 6.03. The van der Waals surface area contributed by atoms with Crippen LogP contribution in [0.1, 0.15) is 40.6 Å². The average molecular weight is 325 g/mol. The van der Waals surface area contributed by atoms with Gasteiger partial charge in [-0.2, -0.15) is 0 Å². The van der Waals surface area contributed by atoms with Crippen LogP contribution in [-0.4, -0.2) is 0 Å². The van der Waals surface area contributed by atoms with Gasteiger partial charge in [0.1, 0.15) is 0 Å². The Labute approximate surface area is 149 Å². The van der Waals surface area contributed by atoms with E-state index in [2.05, 4.69) is 85.9 Å². The molecule has 1 nitrogen and oxygen atoms in total. The second kappa shape index (κ2) is 5.49. The Bertz CT molecular complexity index is 998. The molecule has 3 aromatic carbocycles. The molecule has 3 atom stereocenters. The highest BCUT2D eigenvalue weighted by Gasteiger charge is 2.38. The lowest BCUT2D eigenvalue weighted by atomic mass is 9.75. The van der Waals surface area contributed by atoms with Crippen LogP contribution in [0.2, 0.25) is 0 Å². The fourth-order valence-electron chi connectivity index (χ4n) is 4.74. The summed E-state index contributed by atoms with van der Waals surface area (Å²) in [7, 11) is 0. The van der Waals surface area contributed by atoms with Gasteiger partial charge in [0.25, 0.3) is 0 Å². The third-order valence-corrected chi connectivity index (χ3v) is 6.03. The second-order valence-electron chi connectivity index (χ2n) is 7.59. The zero-order chi connectivity index (χ0) is 17.0. The molecule has 1 heteroatoms. The molecule has 1 N–H and O–H groups in total. The molecule has 0 spiro atoms. The standard InChI is InChI=1S/C24H23N/c1-15-10-11-16(2)22(14-15)24-20-9-5-8-19(20)21-13-12-17-6-3-4-7-18(17)23(21)25-24/h3-8,10-14,19-20,24-25H,9H2,1-2H3/t19-,20+,24-/m1/s1. The lowest BCUT2D eigenvalue weighted by molar-refractivity contribution is 0.425. The smallest absolute Gasteiger partial charge is 0.0556 e. The van der Waals surface area contributed by atoms with Gasteiger partial charge in [-0.05, 0) is 48.3 Å². The Morgan fingerprint density at radius 3 is 2.72 bits per heavy atom. The van der Waals surface area contributed by atoms with Crippen molar-refractivity contribution in [1.29, 1.82) is 0 Å². The van der Waals surface area contributed by atoms with Crippen LogP contribution in [0.4, 0.5) is 5.69 Å². The van der Waals surface area contributed by atoms with Crippen molar-refractivity contribution in [2.75, 3.05) is 5.32 Å². The number of benzene rings is 3. The third kappa shape index (κ3) is 2.22. The quantitative estimate of drug-likeness (QED) is 0.519. The average Bonchev–Trinajstić information content (AvgIpc) is 3.13. The zero-order valence-electron chi connectivity index (χ0n) is 14.8. The summed E-state index contributed by atoms with van der Waals surface area (Å²) in [6.45, 7) is 4.44. The number of hydrogen-bond acceptors (Lipinski definition) is 1. The van der Waals surface area contributed by atoms with Crippen molar-refractivity contribution < 1.29 is 0 Å². The predicted molar refractivity (Wildman–Crippen MR) is 106 cm³/mol. The van der Waals surface area contributed by atoms with Crippen LogP contribution in [0.15, 0.2) is 66.7 Å². The molecule has 0 unspecified atom stereocenters. The van der Waals surface area contributed by atoms with Crippen molar-refractivity contribution in [2.24, 2.45) is 5.92 Å². The monoisotopic (exact) mass is 325 g/mol. The summed E-state index contributed by atoms with van der Waals surface area (Å²) in [4.78, 5) is 0. The van der Waals surface area contributed by atoms with Crippen LogP contribution in [-0.2, 0) is 0 Å². The maximum atomic E-state index is 3.96. The molecular formula is C24H23N. The van der Waals surface area contributed by atoms with Crippen molar-refractivity contribution in [3.8, 4) is 0 Å². The highest BCUT2D eigenvalue weighted by Crippen LogP contribution is 2.51. The van der Waals surface area contributed by atoms with Crippen LogP contribution >= 0.6 is 0 Å². The summed E-state index contributed by atoms with van der Waals surface area (Å²) in [5.74, 6) is 1.12. The van der Waals surface area contributed by atoms with Crippen LogP contribution < -0.4 is 5.32 Å². The van der Waals surface area contributed by atoms with Gasteiger partial charge < -0.3 is 5.32 Å². The summed E-state index contributed by atoms with van der Waals surface area (Å²) in [5, 5.41) is 6.61. The number of rotatable bonds is 1. The summed E-state index contributed by atoms with van der Waals surface area (Å²) >= 11 is 0. The van der Waals surface area contributed by atoms with Gasteiger partial charge in [0.05, 0.1) is 6.04 Å². The summed E-state index contributed by atoms with van der Waals surface area (Å²) in [5.41, 5.74) is 6.97. The first-order chi connectivity index (χ1) is 12.2. The Kier molecular flexibility index (Phi) is 3.24. The van der Waals surface area contributed by atoms with Crippen molar-refractivity contribution >= 4 is 16.5 Å². The van der Waals surface area contributed by atoms with Crippen LogP contribution in [0.3, 0.4) is 0 Å². The molecule has 0 radical (unpaired) electrons. The second-order valence-corrected chi connectivity index (χ2v) is 7.59. The molecule has 0 saturated heterocycles. The number of hydrogen-bond donors (Lipinski definition) is 1. The van der Waals surface area contributed by atoms with Crippen molar-refractivity contribution in [3.05, 3.63) is 89.0 Å². The van der Waals surface area contributed by atoms with Gasteiger partial charge in [-0.15, -0.1) is 0 Å².